The third-order valence-corrected chi connectivity index (χ3v) is 5.43. The maximum Gasteiger partial charge on any atom is 0.140 e. The van der Waals surface area contributed by atoms with Crippen molar-refractivity contribution < 1.29 is 0 Å². The molecule has 0 saturated carbocycles. The first-order valence-corrected chi connectivity index (χ1v) is 8.15. The van der Waals surface area contributed by atoms with Crippen molar-refractivity contribution in [2.75, 3.05) is 0 Å². The summed E-state index contributed by atoms with van der Waals surface area (Å²) in [6.45, 7) is 0. The van der Waals surface area contributed by atoms with E-state index in [9.17, 15) is 0 Å². The van der Waals surface area contributed by atoms with Crippen molar-refractivity contribution in [3.8, 4) is 0 Å². The fourth-order valence-electron chi connectivity index (χ4n) is 2.43. The van der Waals surface area contributed by atoms with E-state index < -0.39 is 0 Å². The molecule has 0 aliphatic rings. The van der Waals surface area contributed by atoms with E-state index in [1.54, 1.807) is 0 Å². The number of hydrogen-bond acceptors (Lipinski definition) is 0. The smallest absolute Gasteiger partial charge is 0.134 e. The van der Waals surface area contributed by atoms with Crippen LogP contribution in [0.4, 0.5) is 0 Å². The van der Waals surface area contributed by atoms with E-state index >= 15 is 0 Å². The summed E-state index contributed by atoms with van der Waals surface area (Å²) < 4.78 is 1.19. The van der Waals surface area contributed by atoms with E-state index in [4.69, 9.17) is 0 Å². The van der Waals surface area contributed by atoms with Gasteiger partial charge in [0.2, 0.25) is 0 Å². The summed E-state index contributed by atoms with van der Waals surface area (Å²) in [4.78, 5) is 0. The predicted octanol–water partition coefficient (Wildman–Crippen LogP) is -4.11. The van der Waals surface area contributed by atoms with Crippen LogP contribution in [0, 0.1) is 0 Å². The summed E-state index contributed by atoms with van der Waals surface area (Å²) in [6, 6.07) is 4.47. The van der Waals surface area contributed by atoms with Crippen molar-refractivity contribution in [1.29, 1.82) is 0 Å². The van der Waals surface area contributed by atoms with Gasteiger partial charge < -0.3 is 0 Å². The van der Waals surface area contributed by atoms with Gasteiger partial charge in [0.25, 0.3) is 0 Å². The molecule has 0 aliphatic heterocycles. The van der Waals surface area contributed by atoms with Gasteiger partial charge in [0.15, 0.2) is 0 Å². The zero-order valence-electron chi connectivity index (χ0n) is 13.8. The van der Waals surface area contributed by atoms with Gasteiger partial charge in [-0.1, -0.05) is 50.6 Å². The van der Waals surface area contributed by atoms with Gasteiger partial charge in [-0.25, -0.2) is 0 Å². The molecule has 1 aromatic rings. The highest BCUT2D eigenvalue weighted by Crippen LogP contribution is 2.30. The lowest BCUT2D eigenvalue weighted by Crippen LogP contribution is -2.18. The molecule has 0 spiro atoms. The second-order valence-corrected chi connectivity index (χ2v) is 6.81. The Hall–Kier alpha value is -0.365. The molecular weight excluding hydrogens is 300 g/mol. The van der Waals surface area contributed by atoms with Gasteiger partial charge in [-0.3, -0.25) is 0 Å². The highest BCUT2D eigenvalue weighted by Gasteiger charge is 2.14. The molecular formula is C12H20B7Br. The Bertz CT molecular complexity index is 553. The van der Waals surface area contributed by atoms with E-state index in [1.807, 2.05) is 0 Å². The van der Waals surface area contributed by atoms with E-state index in [2.05, 4.69) is 95.0 Å². The highest BCUT2D eigenvalue weighted by molar-refractivity contribution is 9.10. The second-order valence-electron chi connectivity index (χ2n) is 5.96. The average molecular weight is 320 g/mol. The molecule has 0 bridgehead atoms. The van der Waals surface area contributed by atoms with E-state index in [1.165, 1.54) is 31.9 Å². The van der Waals surface area contributed by atoms with E-state index in [-0.39, 0.29) is 0 Å². The van der Waals surface area contributed by atoms with Crippen molar-refractivity contribution in [1.82, 2.24) is 0 Å². The molecule has 0 saturated heterocycles. The van der Waals surface area contributed by atoms with Crippen LogP contribution in [0.3, 0.4) is 0 Å². The number of halogens is 1. The first kappa shape index (κ1) is 17.7. The summed E-state index contributed by atoms with van der Waals surface area (Å²) in [7, 11) is 15.6. The summed E-state index contributed by atoms with van der Waals surface area (Å²) in [5.74, 6) is 3.37. The van der Waals surface area contributed by atoms with Gasteiger partial charge in [-0.05, 0) is 11.6 Å². The fourth-order valence-corrected chi connectivity index (χ4v) is 2.79. The molecule has 96 valence electrons. The molecule has 0 N–H and O–H groups in total. The quantitative estimate of drug-likeness (QED) is 0.495. The van der Waals surface area contributed by atoms with Crippen molar-refractivity contribution >= 4 is 87.9 Å². The van der Waals surface area contributed by atoms with Gasteiger partial charge in [-0.15, -0.1) is 16.9 Å². The highest BCUT2D eigenvalue weighted by atomic mass is 79.9. The van der Waals surface area contributed by atoms with Crippen LogP contribution >= 0.6 is 15.9 Å². The maximum atomic E-state index is 3.63. The van der Waals surface area contributed by atoms with Gasteiger partial charge in [0.05, 0.1) is 0 Å². The Morgan fingerprint density at radius 2 is 1.55 bits per heavy atom. The monoisotopic (exact) mass is 320 g/mol. The van der Waals surface area contributed by atoms with Gasteiger partial charge in [0.1, 0.15) is 54.9 Å². The first-order chi connectivity index (χ1) is 9.27. The summed E-state index contributed by atoms with van der Waals surface area (Å²) in [5, 5.41) is 0. The molecule has 0 aliphatic carbocycles. The normalized spacial score (nSPS) is 15.8. The van der Waals surface area contributed by atoms with Crippen LogP contribution in [-0.4, -0.2) is 54.9 Å². The Labute approximate surface area is 138 Å². The first-order valence-electron chi connectivity index (χ1n) is 7.35. The number of benzene rings is 1. The van der Waals surface area contributed by atoms with Crippen molar-refractivity contribution in [2.24, 2.45) is 0 Å². The van der Waals surface area contributed by atoms with Crippen molar-refractivity contribution in [3.63, 3.8) is 0 Å². The topological polar surface area (TPSA) is 0 Å². The van der Waals surface area contributed by atoms with Crippen molar-refractivity contribution in [2.45, 2.75) is 11.6 Å². The third-order valence-electron chi connectivity index (χ3n) is 4.57. The van der Waals surface area contributed by atoms with Gasteiger partial charge in [0, 0.05) is 4.47 Å². The summed E-state index contributed by atoms with van der Waals surface area (Å²) in [6.07, 6.45) is 2.34. The van der Waals surface area contributed by atoms with Crippen LogP contribution in [0.1, 0.15) is 5.56 Å². The molecule has 1 rings (SSSR count). The van der Waals surface area contributed by atoms with Crippen LogP contribution < -0.4 is 10.9 Å². The lowest BCUT2D eigenvalue weighted by Gasteiger charge is -2.23. The summed E-state index contributed by atoms with van der Waals surface area (Å²) >= 11 is 3.63. The molecule has 0 radical (unpaired) electrons. The standard InChI is InChI=1S/C12H20B7Br/c13-4-9(17)12(19)11(18)8(16)1-5-2-10(20)7(15)3-6(5)14/h1-4,11-12H,13-19H2/b8-1-,9-4-. The average Bonchev–Trinajstić information content (AvgIpc) is 2.41. The molecule has 0 nitrogen and oxygen atoms in total. The molecule has 2 unspecified atom stereocenters. The zero-order valence-corrected chi connectivity index (χ0v) is 15.4. The molecule has 0 fully saturated rings. The van der Waals surface area contributed by atoms with Crippen LogP contribution in [0.2, 0.25) is 11.6 Å². The van der Waals surface area contributed by atoms with Gasteiger partial charge in [-0.2, -0.15) is 0 Å². The van der Waals surface area contributed by atoms with E-state index in [0.29, 0.717) is 11.6 Å². The minimum absolute atomic E-state index is 0.561. The molecule has 0 aromatic heterocycles. The Kier molecular flexibility index (Phi) is 6.71. The molecule has 0 heterocycles. The number of rotatable bonds is 4. The summed E-state index contributed by atoms with van der Waals surface area (Å²) in [5.41, 5.74) is 6.86. The number of allylic oxidation sites excluding steroid dienone is 2. The zero-order chi connectivity index (χ0) is 15.4. The van der Waals surface area contributed by atoms with Crippen LogP contribution in [0.15, 0.2) is 33.5 Å². The fraction of sp³-hybridized carbons (Fsp3) is 0.167. The number of hydrogen-bond donors (Lipinski definition) is 0. The Balaban J connectivity index is 3.08. The lowest BCUT2D eigenvalue weighted by atomic mass is 9.53. The minimum Gasteiger partial charge on any atom is -0.134 e. The van der Waals surface area contributed by atoms with Crippen LogP contribution in [-0.2, 0) is 0 Å². The molecule has 0 amide bonds. The predicted molar refractivity (Wildman–Crippen MR) is 117 cm³/mol. The Morgan fingerprint density at radius 1 is 1.00 bits per heavy atom. The van der Waals surface area contributed by atoms with E-state index in [0.717, 1.165) is 0 Å². The minimum atomic E-state index is 0.561. The van der Waals surface area contributed by atoms with Gasteiger partial charge >= 0.3 is 0 Å². The molecule has 8 heteroatoms. The lowest BCUT2D eigenvalue weighted by molar-refractivity contribution is 1.01. The van der Waals surface area contributed by atoms with Crippen LogP contribution in [0.25, 0.3) is 6.08 Å². The van der Waals surface area contributed by atoms with Crippen LogP contribution in [0.5, 0.6) is 0 Å². The SMILES string of the molecule is B/C=C(\B)C(B)C(B)/C(B)=C/c1cc(Br)c(B)cc1B. The molecule has 1 aromatic carbocycles. The Morgan fingerprint density at radius 3 is 2.10 bits per heavy atom. The second kappa shape index (κ2) is 7.59. The van der Waals surface area contributed by atoms with Crippen molar-refractivity contribution in [3.05, 3.63) is 39.1 Å². The maximum absolute atomic E-state index is 3.63. The molecule has 2 atom stereocenters. The third kappa shape index (κ3) is 4.31. The molecule has 20 heavy (non-hydrogen) atoms. The largest absolute Gasteiger partial charge is 0.140 e.